The number of rotatable bonds is 5. The molecule has 3 rings (SSSR count). The van der Waals surface area contributed by atoms with Gasteiger partial charge in [0.15, 0.2) is 0 Å². The van der Waals surface area contributed by atoms with E-state index < -0.39 is 0 Å². The van der Waals surface area contributed by atoms with Crippen molar-refractivity contribution in [2.24, 2.45) is 0 Å². The SMILES string of the molecule is Cc1cc(Oc2ccc(CNC3CC3)cc2)ccc1F. The normalized spacial score (nSPS) is 14.3. The molecular weight excluding hydrogens is 253 g/mol. The van der Waals surface area contributed by atoms with Crippen molar-refractivity contribution in [2.75, 3.05) is 0 Å². The highest BCUT2D eigenvalue weighted by molar-refractivity contribution is 5.35. The van der Waals surface area contributed by atoms with E-state index in [1.165, 1.54) is 24.5 Å². The van der Waals surface area contributed by atoms with E-state index in [9.17, 15) is 4.39 Å². The Labute approximate surface area is 118 Å². The molecule has 1 N–H and O–H groups in total. The minimum atomic E-state index is -0.209. The van der Waals surface area contributed by atoms with Gasteiger partial charge in [-0.1, -0.05) is 12.1 Å². The second kappa shape index (κ2) is 5.63. The Kier molecular flexibility index (Phi) is 3.70. The van der Waals surface area contributed by atoms with Gasteiger partial charge in [0.25, 0.3) is 0 Å². The van der Waals surface area contributed by atoms with E-state index in [2.05, 4.69) is 17.4 Å². The molecule has 0 aliphatic heterocycles. The molecule has 0 atom stereocenters. The van der Waals surface area contributed by atoms with Crippen LogP contribution in [0.4, 0.5) is 4.39 Å². The molecular formula is C17H18FNO. The van der Waals surface area contributed by atoms with Gasteiger partial charge in [0.2, 0.25) is 0 Å². The highest BCUT2D eigenvalue weighted by atomic mass is 19.1. The first-order valence-electron chi connectivity index (χ1n) is 6.97. The summed E-state index contributed by atoms with van der Waals surface area (Å²) < 4.78 is 18.9. The Bertz CT molecular complexity index is 590. The number of halogens is 1. The van der Waals surface area contributed by atoms with E-state index in [1.807, 2.05) is 12.1 Å². The van der Waals surface area contributed by atoms with Crippen LogP contribution in [0.3, 0.4) is 0 Å². The molecule has 104 valence electrons. The Morgan fingerprint density at radius 1 is 1.10 bits per heavy atom. The van der Waals surface area contributed by atoms with Crippen LogP contribution in [-0.2, 0) is 6.54 Å². The molecule has 20 heavy (non-hydrogen) atoms. The van der Waals surface area contributed by atoms with Crippen molar-refractivity contribution in [1.29, 1.82) is 0 Å². The molecule has 2 aromatic carbocycles. The first kappa shape index (κ1) is 13.1. The van der Waals surface area contributed by atoms with E-state index in [-0.39, 0.29) is 5.82 Å². The lowest BCUT2D eigenvalue weighted by Crippen LogP contribution is -2.14. The number of hydrogen-bond donors (Lipinski definition) is 1. The topological polar surface area (TPSA) is 21.3 Å². The molecule has 0 saturated heterocycles. The van der Waals surface area contributed by atoms with E-state index >= 15 is 0 Å². The molecule has 0 aromatic heterocycles. The van der Waals surface area contributed by atoms with Gasteiger partial charge in [-0.2, -0.15) is 0 Å². The van der Waals surface area contributed by atoms with Gasteiger partial charge < -0.3 is 10.1 Å². The third-order valence-corrected chi connectivity index (χ3v) is 3.46. The standard InChI is InChI=1S/C17H18FNO/c1-12-10-16(8-9-17(12)18)20-15-6-2-13(3-7-15)11-19-14-4-5-14/h2-3,6-10,14,19H,4-5,11H2,1H3. The molecule has 3 heteroatoms. The lowest BCUT2D eigenvalue weighted by molar-refractivity contribution is 0.479. The monoisotopic (exact) mass is 271 g/mol. The Morgan fingerprint density at radius 2 is 1.80 bits per heavy atom. The first-order valence-corrected chi connectivity index (χ1v) is 6.97. The zero-order chi connectivity index (χ0) is 13.9. The van der Waals surface area contributed by atoms with E-state index in [0.717, 1.165) is 12.3 Å². The molecule has 0 radical (unpaired) electrons. The minimum Gasteiger partial charge on any atom is -0.457 e. The fourth-order valence-corrected chi connectivity index (χ4v) is 2.04. The summed E-state index contributed by atoms with van der Waals surface area (Å²) in [5.41, 5.74) is 1.84. The Hall–Kier alpha value is -1.87. The molecule has 0 bridgehead atoms. The largest absolute Gasteiger partial charge is 0.457 e. The number of aryl methyl sites for hydroxylation is 1. The average Bonchev–Trinajstić information content (AvgIpc) is 3.26. The molecule has 1 fully saturated rings. The van der Waals surface area contributed by atoms with Crippen LogP contribution in [-0.4, -0.2) is 6.04 Å². The third kappa shape index (κ3) is 3.36. The van der Waals surface area contributed by atoms with Crippen molar-refractivity contribution in [3.63, 3.8) is 0 Å². The highest BCUT2D eigenvalue weighted by Crippen LogP contribution is 2.24. The van der Waals surface area contributed by atoms with Gasteiger partial charge in [-0.15, -0.1) is 0 Å². The van der Waals surface area contributed by atoms with Crippen LogP contribution in [0.5, 0.6) is 11.5 Å². The van der Waals surface area contributed by atoms with Gasteiger partial charge >= 0.3 is 0 Å². The summed E-state index contributed by atoms with van der Waals surface area (Å²) in [7, 11) is 0. The van der Waals surface area contributed by atoms with Gasteiger partial charge in [-0.05, 0) is 61.2 Å². The maximum Gasteiger partial charge on any atom is 0.127 e. The average molecular weight is 271 g/mol. The summed E-state index contributed by atoms with van der Waals surface area (Å²) in [6, 6.07) is 13.5. The van der Waals surface area contributed by atoms with Gasteiger partial charge in [-0.3, -0.25) is 0 Å². The van der Waals surface area contributed by atoms with Crippen molar-refractivity contribution in [1.82, 2.24) is 5.32 Å². The Morgan fingerprint density at radius 3 is 2.45 bits per heavy atom. The van der Waals surface area contributed by atoms with Crippen molar-refractivity contribution < 1.29 is 9.13 Å². The van der Waals surface area contributed by atoms with Crippen LogP contribution >= 0.6 is 0 Å². The summed E-state index contributed by atoms with van der Waals surface area (Å²) in [5.74, 6) is 1.22. The summed E-state index contributed by atoms with van der Waals surface area (Å²) in [6.45, 7) is 2.63. The van der Waals surface area contributed by atoms with Crippen molar-refractivity contribution >= 4 is 0 Å². The van der Waals surface area contributed by atoms with Crippen LogP contribution < -0.4 is 10.1 Å². The van der Waals surface area contributed by atoms with Gasteiger partial charge in [-0.25, -0.2) is 4.39 Å². The molecule has 1 aliphatic rings. The summed E-state index contributed by atoms with van der Waals surface area (Å²) in [6.07, 6.45) is 2.59. The maximum absolute atomic E-state index is 13.2. The fourth-order valence-electron chi connectivity index (χ4n) is 2.04. The quantitative estimate of drug-likeness (QED) is 0.881. The number of hydrogen-bond acceptors (Lipinski definition) is 2. The second-order valence-electron chi connectivity index (χ2n) is 5.31. The number of ether oxygens (including phenoxy) is 1. The van der Waals surface area contributed by atoms with Crippen LogP contribution in [0.1, 0.15) is 24.0 Å². The zero-order valence-electron chi connectivity index (χ0n) is 11.5. The summed E-state index contributed by atoms with van der Waals surface area (Å²) in [4.78, 5) is 0. The first-order chi connectivity index (χ1) is 9.70. The molecule has 1 saturated carbocycles. The van der Waals surface area contributed by atoms with Crippen LogP contribution in [0, 0.1) is 12.7 Å². The highest BCUT2D eigenvalue weighted by Gasteiger charge is 2.19. The minimum absolute atomic E-state index is 0.209. The van der Waals surface area contributed by atoms with Gasteiger partial charge in [0.05, 0.1) is 0 Å². The van der Waals surface area contributed by atoms with Crippen molar-refractivity contribution in [3.05, 3.63) is 59.4 Å². The smallest absolute Gasteiger partial charge is 0.127 e. The molecule has 2 nitrogen and oxygen atoms in total. The predicted molar refractivity (Wildman–Crippen MR) is 77.5 cm³/mol. The molecule has 0 amide bonds. The van der Waals surface area contributed by atoms with E-state index in [0.29, 0.717) is 17.4 Å². The van der Waals surface area contributed by atoms with Gasteiger partial charge in [0.1, 0.15) is 17.3 Å². The summed E-state index contributed by atoms with van der Waals surface area (Å²) >= 11 is 0. The number of benzene rings is 2. The third-order valence-electron chi connectivity index (χ3n) is 3.46. The van der Waals surface area contributed by atoms with Crippen LogP contribution in [0.15, 0.2) is 42.5 Å². The molecule has 0 spiro atoms. The maximum atomic E-state index is 13.2. The lowest BCUT2D eigenvalue weighted by Gasteiger charge is -2.08. The fraction of sp³-hybridized carbons (Fsp3) is 0.294. The Balaban J connectivity index is 1.62. The van der Waals surface area contributed by atoms with E-state index in [4.69, 9.17) is 4.74 Å². The lowest BCUT2D eigenvalue weighted by atomic mass is 10.2. The second-order valence-corrected chi connectivity index (χ2v) is 5.31. The number of nitrogens with one attached hydrogen (secondary N) is 1. The van der Waals surface area contributed by atoms with Crippen molar-refractivity contribution in [3.8, 4) is 11.5 Å². The molecule has 0 unspecified atom stereocenters. The zero-order valence-corrected chi connectivity index (χ0v) is 11.5. The van der Waals surface area contributed by atoms with Crippen LogP contribution in [0.2, 0.25) is 0 Å². The van der Waals surface area contributed by atoms with Gasteiger partial charge in [0, 0.05) is 12.6 Å². The molecule has 2 aromatic rings. The van der Waals surface area contributed by atoms with Crippen LogP contribution in [0.25, 0.3) is 0 Å². The van der Waals surface area contributed by atoms with Crippen molar-refractivity contribution in [2.45, 2.75) is 32.4 Å². The van der Waals surface area contributed by atoms with E-state index in [1.54, 1.807) is 19.1 Å². The summed E-state index contributed by atoms with van der Waals surface area (Å²) in [5, 5.41) is 3.47. The molecule has 1 aliphatic carbocycles. The predicted octanol–water partition coefficient (Wildman–Crippen LogP) is 4.18. The molecule has 0 heterocycles.